The molecule has 0 aromatic heterocycles. The first kappa shape index (κ1) is 19.7. The van der Waals surface area contributed by atoms with Crippen molar-refractivity contribution in [2.75, 3.05) is 9.21 Å². The van der Waals surface area contributed by atoms with Gasteiger partial charge in [0.25, 0.3) is 10.0 Å². The first-order chi connectivity index (χ1) is 13.8. The fourth-order valence-corrected chi connectivity index (χ4v) is 5.79. The quantitative estimate of drug-likeness (QED) is 0.514. The average molecular weight is 471 g/mol. The van der Waals surface area contributed by atoms with Gasteiger partial charge in [0.05, 0.1) is 17.9 Å². The van der Waals surface area contributed by atoms with E-state index in [1.165, 1.54) is 4.90 Å². The minimum atomic E-state index is -4.03. The Kier molecular flexibility index (Phi) is 4.96. The minimum absolute atomic E-state index is 0.122. The van der Waals surface area contributed by atoms with Crippen LogP contribution in [0.15, 0.2) is 76.1 Å². The van der Waals surface area contributed by atoms with Crippen LogP contribution in [0.25, 0.3) is 0 Å². The van der Waals surface area contributed by atoms with Crippen molar-refractivity contribution in [3.63, 3.8) is 0 Å². The second-order valence-corrected chi connectivity index (χ2v) is 9.65. The van der Waals surface area contributed by atoms with Gasteiger partial charge in [0.15, 0.2) is 0 Å². The molecule has 0 N–H and O–H groups in total. The molecule has 1 aliphatic rings. The number of amides is 2. The van der Waals surface area contributed by atoms with E-state index >= 15 is 0 Å². The second kappa shape index (κ2) is 7.31. The number of halogens is 1. The molecule has 0 bridgehead atoms. The smallest absolute Gasteiger partial charge is 0.287 e. The number of sulfonamides is 1. The lowest BCUT2D eigenvalue weighted by atomic mass is 10.1. The predicted octanol–water partition coefficient (Wildman–Crippen LogP) is 5.40. The summed E-state index contributed by atoms with van der Waals surface area (Å²) in [6.45, 7) is 3.88. The molecule has 4 rings (SSSR count). The molecule has 1 aliphatic heterocycles. The number of para-hydroxylation sites is 2. The van der Waals surface area contributed by atoms with Gasteiger partial charge >= 0.3 is 6.03 Å². The summed E-state index contributed by atoms with van der Waals surface area (Å²) in [6.07, 6.45) is 0. The number of nitrogens with zero attached hydrogens (tertiary/aromatic N) is 2. The summed E-state index contributed by atoms with van der Waals surface area (Å²) < 4.78 is 28.7. The maximum absolute atomic E-state index is 13.6. The van der Waals surface area contributed by atoms with E-state index in [-0.39, 0.29) is 11.4 Å². The molecule has 2 amide bonds. The average Bonchev–Trinajstić information content (AvgIpc) is 2.68. The Morgan fingerprint density at radius 2 is 1.55 bits per heavy atom. The summed E-state index contributed by atoms with van der Waals surface area (Å²) in [5.41, 5.74) is 3.14. The number of benzene rings is 3. The van der Waals surface area contributed by atoms with Crippen molar-refractivity contribution in [2.24, 2.45) is 0 Å². The molecular weight excluding hydrogens is 452 g/mol. The lowest BCUT2D eigenvalue weighted by Crippen LogP contribution is -2.51. The lowest BCUT2D eigenvalue weighted by molar-refractivity contribution is 0.253. The van der Waals surface area contributed by atoms with Crippen LogP contribution >= 0.6 is 15.9 Å². The number of rotatable bonds is 3. The van der Waals surface area contributed by atoms with Crippen molar-refractivity contribution in [3.05, 3.63) is 87.9 Å². The molecule has 3 aromatic rings. The number of urea groups is 1. The molecule has 148 valence electrons. The third-order valence-electron chi connectivity index (χ3n) is 4.95. The summed E-state index contributed by atoms with van der Waals surface area (Å²) in [5, 5.41) is 0. The lowest BCUT2D eigenvalue weighted by Gasteiger charge is -2.37. The fraction of sp³-hybridized carbons (Fsp3) is 0.136. The van der Waals surface area contributed by atoms with Crippen molar-refractivity contribution in [3.8, 4) is 0 Å². The third-order valence-corrected chi connectivity index (χ3v) is 7.17. The van der Waals surface area contributed by atoms with Crippen LogP contribution in [0.5, 0.6) is 0 Å². The molecular formula is C22H19BrN2O3S. The standard InChI is InChI=1S/C22H19BrN2O3S/c1-15-7-5-8-16(2)21(15)25-22(26)24(14-17-9-6-10-18(23)13-17)19-11-3-4-12-20(19)29(25,27)28/h3-13H,14H2,1-2H3. The van der Waals surface area contributed by atoms with Crippen molar-refractivity contribution < 1.29 is 13.2 Å². The van der Waals surface area contributed by atoms with E-state index in [2.05, 4.69) is 15.9 Å². The molecule has 0 fully saturated rings. The molecule has 0 atom stereocenters. The van der Waals surface area contributed by atoms with Crippen LogP contribution in [-0.2, 0) is 16.6 Å². The zero-order valence-electron chi connectivity index (χ0n) is 16.0. The Labute approximate surface area is 178 Å². The first-order valence-electron chi connectivity index (χ1n) is 9.07. The highest BCUT2D eigenvalue weighted by atomic mass is 79.9. The zero-order valence-corrected chi connectivity index (χ0v) is 18.4. The highest BCUT2D eigenvalue weighted by Gasteiger charge is 2.43. The number of hydrogen-bond acceptors (Lipinski definition) is 3. The number of carbonyl (C=O) groups excluding carboxylic acids is 1. The van der Waals surface area contributed by atoms with E-state index in [1.807, 2.05) is 56.3 Å². The molecule has 1 heterocycles. The van der Waals surface area contributed by atoms with E-state index in [9.17, 15) is 13.2 Å². The van der Waals surface area contributed by atoms with E-state index in [4.69, 9.17) is 0 Å². The number of hydrogen-bond donors (Lipinski definition) is 0. The Balaban J connectivity index is 1.92. The largest absolute Gasteiger partial charge is 0.343 e. The summed E-state index contributed by atoms with van der Waals surface area (Å²) >= 11 is 3.45. The van der Waals surface area contributed by atoms with Crippen LogP contribution in [0.2, 0.25) is 0 Å². The highest BCUT2D eigenvalue weighted by Crippen LogP contribution is 2.40. The zero-order chi connectivity index (χ0) is 20.8. The van der Waals surface area contributed by atoms with Gasteiger partial charge in [-0.15, -0.1) is 0 Å². The Hall–Kier alpha value is -2.64. The third kappa shape index (κ3) is 3.34. The fourth-order valence-electron chi connectivity index (χ4n) is 3.62. The van der Waals surface area contributed by atoms with Crippen LogP contribution in [0, 0.1) is 13.8 Å². The van der Waals surface area contributed by atoms with Gasteiger partial charge < -0.3 is 0 Å². The van der Waals surface area contributed by atoms with Gasteiger partial charge in [0.1, 0.15) is 4.90 Å². The molecule has 0 saturated heterocycles. The van der Waals surface area contributed by atoms with Crippen molar-refractivity contribution >= 4 is 43.4 Å². The molecule has 0 unspecified atom stereocenters. The number of fused-ring (bicyclic) bond motifs is 1. The predicted molar refractivity (Wildman–Crippen MR) is 118 cm³/mol. The van der Waals surface area contributed by atoms with Crippen LogP contribution in [0.4, 0.5) is 16.2 Å². The summed E-state index contributed by atoms with van der Waals surface area (Å²) in [5.74, 6) is 0. The topological polar surface area (TPSA) is 57.7 Å². The van der Waals surface area contributed by atoms with E-state index in [0.717, 1.165) is 25.5 Å². The molecule has 0 radical (unpaired) electrons. The van der Waals surface area contributed by atoms with Crippen molar-refractivity contribution in [1.82, 2.24) is 0 Å². The van der Waals surface area contributed by atoms with Crippen LogP contribution in [-0.4, -0.2) is 14.4 Å². The molecule has 5 nitrogen and oxygen atoms in total. The van der Waals surface area contributed by atoms with Gasteiger partial charge in [-0.2, -0.15) is 4.31 Å². The van der Waals surface area contributed by atoms with Crippen molar-refractivity contribution in [1.29, 1.82) is 0 Å². The van der Waals surface area contributed by atoms with E-state index in [1.54, 1.807) is 24.3 Å². The monoisotopic (exact) mass is 470 g/mol. The molecule has 0 saturated carbocycles. The molecule has 0 spiro atoms. The second-order valence-electron chi connectivity index (χ2n) is 6.98. The maximum Gasteiger partial charge on any atom is 0.343 e. The Morgan fingerprint density at radius 1 is 0.897 bits per heavy atom. The van der Waals surface area contributed by atoms with E-state index in [0.29, 0.717) is 11.4 Å². The molecule has 7 heteroatoms. The van der Waals surface area contributed by atoms with Crippen LogP contribution in [0.1, 0.15) is 16.7 Å². The minimum Gasteiger partial charge on any atom is -0.287 e. The summed E-state index contributed by atoms with van der Waals surface area (Å²) in [6, 6.07) is 19.1. The Bertz CT molecular complexity index is 1200. The van der Waals surface area contributed by atoms with Gasteiger partial charge in [0, 0.05) is 4.47 Å². The van der Waals surface area contributed by atoms with Gasteiger partial charge in [-0.1, -0.05) is 58.4 Å². The number of carbonyl (C=O) groups is 1. The van der Waals surface area contributed by atoms with Gasteiger partial charge in [-0.25, -0.2) is 13.2 Å². The maximum atomic E-state index is 13.6. The Morgan fingerprint density at radius 3 is 2.24 bits per heavy atom. The molecule has 29 heavy (non-hydrogen) atoms. The normalized spacial score (nSPS) is 15.3. The summed E-state index contributed by atoms with van der Waals surface area (Å²) in [4.78, 5) is 15.2. The SMILES string of the molecule is Cc1cccc(C)c1N1C(=O)N(Cc2cccc(Br)c2)c2ccccc2S1(=O)=O. The van der Waals surface area contributed by atoms with Gasteiger partial charge in [-0.3, -0.25) is 4.90 Å². The van der Waals surface area contributed by atoms with Crippen LogP contribution in [0.3, 0.4) is 0 Å². The molecule has 3 aromatic carbocycles. The molecule has 0 aliphatic carbocycles. The first-order valence-corrected chi connectivity index (χ1v) is 11.3. The highest BCUT2D eigenvalue weighted by molar-refractivity contribution is 9.10. The number of aryl methyl sites for hydroxylation is 2. The number of anilines is 2. The van der Waals surface area contributed by atoms with Gasteiger partial charge in [0.2, 0.25) is 0 Å². The van der Waals surface area contributed by atoms with Gasteiger partial charge in [-0.05, 0) is 54.8 Å². The summed E-state index contributed by atoms with van der Waals surface area (Å²) in [7, 11) is -4.03. The van der Waals surface area contributed by atoms with Crippen molar-refractivity contribution in [2.45, 2.75) is 25.3 Å². The van der Waals surface area contributed by atoms with E-state index < -0.39 is 16.1 Å². The van der Waals surface area contributed by atoms with Crippen LogP contribution < -0.4 is 9.21 Å².